The molecule has 3 rings (SSSR count). The molecule has 1 heterocycles. The number of ether oxygens (including phenoxy) is 3. The van der Waals surface area contributed by atoms with Crippen molar-refractivity contribution in [3.05, 3.63) is 23.8 Å². The molecule has 0 aromatic heterocycles. The number of fused-ring (bicyclic) bond motifs is 1. The van der Waals surface area contributed by atoms with Gasteiger partial charge in [0, 0.05) is 12.6 Å². The molecule has 1 aromatic carbocycles. The van der Waals surface area contributed by atoms with Gasteiger partial charge in [0.1, 0.15) is 29.2 Å². The van der Waals surface area contributed by atoms with E-state index in [0.29, 0.717) is 49.3 Å². The molecule has 168 valence electrons. The molecule has 2 aliphatic rings. The van der Waals surface area contributed by atoms with Gasteiger partial charge in [-0.15, -0.1) is 0 Å². The van der Waals surface area contributed by atoms with Crippen molar-refractivity contribution in [2.75, 3.05) is 13.7 Å². The first-order valence-corrected chi connectivity index (χ1v) is 10.6. The fraction of sp³-hybridized carbons (Fsp3) is 0.609. The summed E-state index contributed by atoms with van der Waals surface area (Å²) in [7, 11) is 1.56. The Labute approximate surface area is 182 Å². The summed E-state index contributed by atoms with van der Waals surface area (Å²) in [6, 6.07) is 6.32. The fourth-order valence-corrected chi connectivity index (χ4v) is 4.62. The second-order valence-corrected chi connectivity index (χ2v) is 9.20. The molecule has 1 saturated carbocycles. The summed E-state index contributed by atoms with van der Waals surface area (Å²) in [5, 5.41) is 19.3. The molecule has 31 heavy (non-hydrogen) atoms. The Morgan fingerprint density at radius 2 is 1.97 bits per heavy atom. The number of hydrogen-bond donors (Lipinski definition) is 1. The van der Waals surface area contributed by atoms with E-state index in [-0.39, 0.29) is 17.9 Å². The number of amides is 1. The van der Waals surface area contributed by atoms with Crippen molar-refractivity contribution in [2.24, 2.45) is 11.8 Å². The van der Waals surface area contributed by atoms with Crippen molar-refractivity contribution in [2.45, 2.75) is 64.2 Å². The van der Waals surface area contributed by atoms with Gasteiger partial charge in [0.15, 0.2) is 0 Å². The number of hydrogen-bond acceptors (Lipinski definition) is 6. The van der Waals surface area contributed by atoms with E-state index in [9.17, 15) is 20.0 Å². The van der Waals surface area contributed by atoms with Crippen molar-refractivity contribution in [1.29, 1.82) is 5.26 Å². The summed E-state index contributed by atoms with van der Waals surface area (Å²) in [4.78, 5) is 26.1. The van der Waals surface area contributed by atoms with Gasteiger partial charge in [-0.2, -0.15) is 5.26 Å². The molecular weight excluding hydrogens is 400 g/mol. The van der Waals surface area contributed by atoms with Crippen LogP contribution in [-0.2, 0) is 9.53 Å². The molecule has 4 unspecified atom stereocenters. The molecule has 1 N–H and O–H groups in total. The van der Waals surface area contributed by atoms with Gasteiger partial charge in [0.25, 0.3) is 0 Å². The van der Waals surface area contributed by atoms with Crippen molar-refractivity contribution in [1.82, 2.24) is 4.90 Å². The number of aliphatic carboxylic acids is 1. The Balaban J connectivity index is 1.72. The van der Waals surface area contributed by atoms with Gasteiger partial charge in [-0.3, -0.25) is 4.90 Å². The number of piperidine rings is 1. The van der Waals surface area contributed by atoms with Crippen LogP contribution in [0.3, 0.4) is 0 Å². The third kappa shape index (κ3) is 5.22. The molecule has 0 radical (unpaired) electrons. The van der Waals surface area contributed by atoms with Crippen LogP contribution in [0.1, 0.15) is 52.0 Å². The fourth-order valence-electron chi connectivity index (χ4n) is 4.62. The molecule has 1 saturated heterocycles. The van der Waals surface area contributed by atoms with E-state index in [0.717, 1.165) is 0 Å². The van der Waals surface area contributed by atoms with Crippen LogP contribution in [0.2, 0.25) is 0 Å². The Kier molecular flexibility index (Phi) is 6.63. The van der Waals surface area contributed by atoms with E-state index < -0.39 is 23.7 Å². The van der Waals surface area contributed by atoms with Crippen LogP contribution in [-0.4, -0.2) is 53.5 Å². The largest absolute Gasteiger partial charge is 0.497 e. The van der Waals surface area contributed by atoms with Gasteiger partial charge in [0.05, 0.1) is 18.8 Å². The number of carboxylic acid groups (broad SMARTS) is 1. The van der Waals surface area contributed by atoms with Crippen LogP contribution in [0.25, 0.3) is 0 Å². The van der Waals surface area contributed by atoms with Gasteiger partial charge in [-0.25, -0.2) is 9.59 Å². The lowest BCUT2D eigenvalue weighted by atomic mass is 9.70. The summed E-state index contributed by atoms with van der Waals surface area (Å²) in [6.07, 6.45) is 1.94. The maximum absolute atomic E-state index is 12.6. The predicted molar refractivity (Wildman–Crippen MR) is 112 cm³/mol. The predicted octanol–water partition coefficient (Wildman–Crippen LogP) is 3.82. The van der Waals surface area contributed by atoms with Crippen molar-refractivity contribution >= 4 is 12.1 Å². The molecule has 4 atom stereocenters. The van der Waals surface area contributed by atoms with Gasteiger partial charge in [-0.05, 0) is 70.4 Å². The quantitative estimate of drug-likeness (QED) is 0.773. The number of rotatable bonds is 4. The lowest BCUT2D eigenvalue weighted by molar-refractivity contribution is -0.150. The highest BCUT2D eigenvalue weighted by Gasteiger charge is 2.48. The van der Waals surface area contributed by atoms with E-state index in [1.807, 2.05) is 0 Å². The molecule has 1 amide bonds. The summed E-state index contributed by atoms with van der Waals surface area (Å²) in [5.74, 6) is 0.0547. The van der Waals surface area contributed by atoms with E-state index in [2.05, 4.69) is 6.07 Å². The highest BCUT2D eigenvalue weighted by Crippen LogP contribution is 2.42. The smallest absolute Gasteiger partial charge is 0.411 e. The van der Waals surface area contributed by atoms with Crippen molar-refractivity contribution in [3.63, 3.8) is 0 Å². The minimum absolute atomic E-state index is 0.120. The van der Waals surface area contributed by atoms with Gasteiger partial charge in [0.2, 0.25) is 0 Å². The van der Waals surface area contributed by atoms with Crippen LogP contribution in [0.4, 0.5) is 4.79 Å². The Hall–Kier alpha value is -2.95. The first-order chi connectivity index (χ1) is 14.6. The van der Waals surface area contributed by atoms with Crippen LogP contribution in [0.15, 0.2) is 18.2 Å². The summed E-state index contributed by atoms with van der Waals surface area (Å²) in [5.41, 5.74) is -0.247. The number of carbonyl (C=O) groups is 2. The number of methoxy groups -OCH3 is 1. The topological polar surface area (TPSA) is 109 Å². The highest BCUT2D eigenvalue weighted by atomic mass is 16.6. The maximum Gasteiger partial charge on any atom is 0.411 e. The number of likely N-dealkylation sites (tertiary alicyclic amines) is 1. The number of benzene rings is 1. The van der Waals surface area contributed by atoms with Crippen LogP contribution in [0.5, 0.6) is 11.5 Å². The van der Waals surface area contributed by atoms with Gasteiger partial charge >= 0.3 is 12.1 Å². The number of carbonyl (C=O) groups excluding carboxylic acids is 1. The molecule has 8 heteroatoms. The lowest BCUT2D eigenvalue weighted by Gasteiger charge is -2.47. The Morgan fingerprint density at radius 1 is 1.23 bits per heavy atom. The van der Waals surface area contributed by atoms with Crippen LogP contribution < -0.4 is 9.47 Å². The van der Waals surface area contributed by atoms with Crippen LogP contribution in [0, 0.1) is 23.2 Å². The molecule has 8 nitrogen and oxygen atoms in total. The zero-order chi connectivity index (χ0) is 22.8. The SMILES string of the molecule is COc1ccc(C#N)c(OC2CCC3C(CCN(C(=O)OC(C)(C)C)C3C(=O)O)C2)c1. The van der Waals surface area contributed by atoms with E-state index in [4.69, 9.17) is 14.2 Å². The second kappa shape index (κ2) is 9.04. The number of nitrogens with zero attached hydrogens (tertiary/aromatic N) is 2. The average molecular weight is 431 g/mol. The zero-order valence-electron chi connectivity index (χ0n) is 18.5. The van der Waals surface area contributed by atoms with E-state index >= 15 is 0 Å². The van der Waals surface area contributed by atoms with E-state index in [1.54, 1.807) is 46.1 Å². The molecule has 0 spiro atoms. The van der Waals surface area contributed by atoms with Crippen molar-refractivity contribution < 1.29 is 28.9 Å². The third-order valence-corrected chi connectivity index (χ3v) is 5.96. The number of nitriles is 1. The lowest BCUT2D eigenvalue weighted by Crippen LogP contribution is -2.58. The number of carboxylic acids is 1. The minimum Gasteiger partial charge on any atom is -0.497 e. The molecule has 0 bridgehead atoms. The van der Waals surface area contributed by atoms with Gasteiger partial charge < -0.3 is 19.3 Å². The average Bonchev–Trinajstić information content (AvgIpc) is 2.71. The summed E-state index contributed by atoms with van der Waals surface area (Å²) >= 11 is 0. The first kappa shape index (κ1) is 22.7. The molecule has 1 aromatic rings. The van der Waals surface area contributed by atoms with Gasteiger partial charge in [-0.1, -0.05) is 0 Å². The summed E-state index contributed by atoms with van der Waals surface area (Å²) < 4.78 is 16.8. The third-order valence-electron chi connectivity index (χ3n) is 5.96. The zero-order valence-corrected chi connectivity index (χ0v) is 18.5. The standard InChI is InChI=1S/C23H30N2O6/c1-23(2,3)31-22(28)25-10-9-14-11-17(7-8-18(14)20(25)21(26)27)30-19-12-16(29-4)6-5-15(19)13-24/h5-6,12,14,17-18,20H,7-11H2,1-4H3,(H,26,27). The Bertz CT molecular complexity index is 872. The molecule has 2 fully saturated rings. The van der Waals surface area contributed by atoms with Crippen LogP contribution >= 0.6 is 0 Å². The molecule has 1 aliphatic carbocycles. The molecular formula is C23H30N2O6. The minimum atomic E-state index is -1.00. The second-order valence-electron chi connectivity index (χ2n) is 9.20. The van der Waals surface area contributed by atoms with E-state index in [1.165, 1.54) is 4.90 Å². The normalized spacial score (nSPS) is 25.7. The first-order valence-electron chi connectivity index (χ1n) is 10.6. The monoisotopic (exact) mass is 430 g/mol. The van der Waals surface area contributed by atoms with Crippen molar-refractivity contribution in [3.8, 4) is 17.6 Å². The summed E-state index contributed by atoms with van der Waals surface area (Å²) in [6.45, 7) is 5.64. The molecule has 1 aliphatic heterocycles. The maximum atomic E-state index is 12.6. The highest BCUT2D eigenvalue weighted by molar-refractivity contribution is 5.81. The Morgan fingerprint density at radius 3 is 2.58 bits per heavy atom.